The summed E-state index contributed by atoms with van der Waals surface area (Å²) in [7, 11) is 0. The predicted octanol–water partition coefficient (Wildman–Crippen LogP) is 3.58. The monoisotopic (exact) mass is 375 g/mol. The number of hydrogen-bond donors (Lipinski definition) is 2. The lowest BCUT2D eigenvalue weighted by Gasteiger charge is -2.32. The number of benzene rings is 2. The van der Waals surface area contributed by atoms with Crippen molar-refractivity contribution in [2.24, 2.45) is 0 Å². The van der Waals surface area contributed by atoms with E-state index in [4.69, 9.17) is 0 Å². The molecule has 0 saturated carbocycles. The topological polar surface area (TPSA) is 44.4 Å². The maximum absolute atomic E-state index is 12.3. The molecule has 2 heterocycles. The molecule has 0 radical (unpaired) electrons. The van der Waals surface area contributed by atoms with Crippen LogP contribution in [0.25, 0.3) is 0 Å². The number of amides is 1. The summed E-state index contributed by atoms with van der Waals surface area (Å²) >= 11 is 1.80. The van der Waals surface area contributed by atoms with Crippen molar-refractivity contribution in [2.75, 3.05) is 24.5 Å². The average Bonchev–Trinajstić information content (AvgIpc) is 3.11. The van der Waals surface area contributed by atoms with Crippen LogP contribution in [0.15, 0.2) is 58.3 Å². The van der Waals surface area contributed by atoms with Crippen molar-refractivity contribution in [3.63, 3.8) is 0 Å². The lowest BCUT2D eigenvalue weighted by molar-refractivity contribution is -0.121. The van der Waals surface area contributed by atoms with Crippen LogP contribution in [0.1, 0.15) is 12.8 Å². The summed E-state index contributed by atoms with van der Waals surface area (Å²) in [5, 5.41) is 6.41. The number of para-hydroxylation sites is 2. The highest BCUT2D eigenvalue weighted by atomic mass is 35.5. The van der Waals surface area contributed by atoms with Gasteiger partial charge in [0.2, 0.25) is 5.91 Å². The summed E-state index contributed by atoms with van der Waals surface area (Å²) in [6.07, 6.45) is 1.53. The van der Waals surface area contributed by atoms with E-state index >= 15 is 0 Å². The molecule has 4 rings (SSSR count). The van der Waals surface area contributed by atoms with Crippen molar-refractivity contribution in [2.45, 2.75) is 28.7 Å². The fraction of sp³-hybridized carbons (Fsp3) is 0.316. The SMILES string of the molecule is Cl.O=C(CCN1c2ccccc2Sc2ccccc21)NC1CCNC1. The second-order valence-electron chi connectivity index (χ2n) is 6.20. The van der Waals surface area contributed by atoms with Gasteiger partial charge in [-0.15, -0.1) is 12.4 Å². The van der Waals surface area contributed by atoms with Gasteiger partial charge >= 0.3 is 0 Å². The molecular formula is C19H22ClN3OS. The number of hydrogen-bond acceptors (Lipinski definition) is 4. The van der Waals surface area contributed by atoms with E-state index in [-0.39, 0.29) is 24.4 Å². The van der Waals surface area contributed by atoms with Crippen LogP contribution in [0.4, 0.5) is 11.4 Å². The highest BCUT2D eigenvalue weighted by Gasteiger charge is 2.23. The van der Waals surface area contributed by atoms with Gasteiger partial charge in [-0.1, -0.05) is 36.0 Å². The molecular weight excluding hydrogens is 354 g/mol. The second-order valence-corrected chi connectivity index (χ2v) is 7.28. The molecule has 0 bridgehead atoms. The smallest absolute Gasteiger partial charge is 0.222 e. The molecule has 2 aromatic rings. The molecule has 1 unspecified atom stereocenters. The van der Waals surface area contributed by atoms with Gasteiger partial charge < -0.3 is 15.5 Å². The van der Waals surface area contributed by atoms with Gasteiger partial charge in [0, 0.05) is 35.3 Å². The zero-order valence-corrected chi connectivity index (χ0v) is 15.5. The third-order valence-corrected chi connectivity index (χ3v) is 5.65. The minimum absolute atomic E-state index is 0. The van der Waals surface area contributed by atoms with Crippen LogP contribution in [0.2, 0.25) is 0 Å². The van der Waals surface area contributed by atoms with Crippen molar-refractivity contribution in [3.8, 4) is 0 Å². The lowest BCUT2D eigenvalue weighted by Crippen LogP contribution is -2.38. The van der Waals surface area contributed by atoms with E-state index < -0.39 is 0 Å². The van der Waals surface area contributed by atoms with Crippen LogP contribution in [-0.4, -0.2) is 31.6 Å². The Labute approximate surface area is 158 Å². The highest BCUT2D eigenvalue weighted by Crippen LogP contribution is 2.47. The van der Waals surface area contributed by atoms with E-state index in [1.54, 1.807) is 11.8 Å². The summed E-state index contributed by atoms with van der Waals surface area (Å²) in [4.78, 5) is 17.1. The summed E-state index contributed by atoms with van der Waals surface area (Å²) < 4.78 is 0. The molecule has 1 atom stereocenters. The molecule has 2 N–H and O–H groups in total. The molecule has 4 nitrogen and oxygen atoms in total. The Bertz CT molecular complexity index is 703. The number of halogens is 1. The largest absolute Gasteiger partial charge is 0.352 e. The first-order chi connectivity index (χ1) is 11.8. The van der Waals surface area contributed by atoms with Crippen molar-refractivity contribution in [1.29, 1.82) is 0 Å². The van der Waals surface area contributed by atoms with Crippen molar-refractivity contribution < 1.29 is 4.79 Å². The van der Waals surface area contributed by atoms with E-state index in [1.165, 1.54) is 21.2 Å². The minimum Gasteiger partial charge on any atom is -0.352 e. The standard InChI is InChI=1S/C19H21N3OS.ClH/c23-19(21-14-9-11-20-13-14)10-12-22-15-5-1-3-7-17(15)24-18-8-4-2-6-16(18)22;/h1-8,14,20H,9-13H2,(H,21,23);1H. The second kappa shape index (κ2) is 8.13. The fourth-order valence-corrected chi connectivity index (χ4v) is 4.41. The van der Waals surface area contributed by atoms with Gasteiger partial charge in [0.15, 0.2) is 0 Å². The van der Waals surface area contributed by atoms with Gasteiger partial charge in [0.1, 0.15) is 0 Å². The van der Waals surface area contributed by atoms with E-state index in [9.17, 15) is 4.79 Å². The number of carbonyl (C=O) groups excluding carboxylic acids is 1. The lowest BCUT2D eigenvalue weighted by atomic mass is 10.2. The quantitative estimate of drug-likeness (QED) is 0.857. The van der Waals surface area contributed by atoms with E-state index in [0.717, 1.165) is 19.5 Å². The molecule has 0 aromatic heterocycles. The van der Waals surface area contributed by atoms with Crippen LogP contribution in [0.3, 0.4) is 0 Å². The Morgan fingerprint density at radius 1 is 1.12 bits per heavy atom. The number of nitrogens with zero attached hydrogens (tertiary/aromatic N) is 1. The fourth-order valence-electron chi connectivity index (χ4n) is 3.31. The number of nitrogens with one attached hydrogen (secondary N) is 2. The number of carbonyl (C=O) groups is 1. The Balaban J connectivity index is 0.00000182. The van der Waals surface area contributed by atoms with Crippen LogP contribution in [-0.2, 0) is 4.79 Å². The van der Waals surface area contributed by atoms with E-state index in [0.29, 0.717) is 13.0 Å². The number of fused-ring (bicyclic) bond motifs is 2. The van der Waals surface area contributed by atoms with Gasteiger partial charge in [-0.3, -0.25) is 4.79 Å². The Morgan fingerprint density at radius 2 is 1.76 bits per heavy atom. The first kappa shape index (κ1) is 18.1. The Hall–Kier alpha value is -1.69. The van der Waals surface area contributed by atoms with Crippen molar-refractivity contribution >= 4 is 41.5 Å². The van der Waals surface area contributed by atoms with E-state index in [1.807, 2.05) is 0 Å². The van der Waals surface area contributed by atoms with Crippen LogP contribution >= 0.6 is 24.2 Å². The van der Waals surface area contributed by atoms with Gasteiger partial charge in [-0.2, -0.15) is 0 Å². The summed E-state index contributed by atoms with van der Waals surface area (Å²) in [6.45, 7) is 2.58. The molecule has 2 aliphatic heterocycles. The van der Waals surface area contributed by atoms with Gasteiger partial charge in [-0.05, 0) is 37.2 Å². The summed E-state index contributed by atoms with van der Waals surface area (Å²) in [6, 6.07) is 17.1. The Morgan fingerprint density at radius 3 is 2.36 bits per heavy atom. The zero-order valence-electron chi connectivity index (χ0n) is 13.9. The van der Waals surface area contributed by atoms with E-state index in [2.05, 4.69) is 64.1 Å². The molecule has 6 heteroatoms. The third-order valence-electron chi connectivity index (χ3n) is 4.52. The normalized spacial score (nSPS) is 18.1. The molecule has 2 aromatic carbocycles. The predicted molar refractivity (Wildman–Crippen MR) is 105 cm³/mol. The van der Waals surface area contributed by atoms with Crippen molar-refractivity contribution in [3.05, 3.63) is 48.5 Å². The van der Waals surface area contributed by atoms with Gasteiger partial charge in [0.05, 0.1) is 11.4 Å². The molecule has 0 spiro atoms. The van der Waals surface area contributed by atoms with Crippen LogP contribution in [0.5, 0.6) is 0 Å². The molecule has 1 fully saturated rings. The van der Waals surface area contributed by atoms with Gasteiger partial charge in [-0.25, -0.2) is 0 Å². The highest BCUT2D eigenvalue weighted by molar-refractivity contribution is 7.99. The van der Waals surface area contributed by atoms with Crippen molar-refractivity contribution in [1.82, 2.24) is 10.6 Å². The summed E-state index contributed by atoms with van der Waals surface area (Å²) in [5.74, 6) is 0.136. The molecule has 132 valence electrons. The first-order valence-electron chi connectivity index (χ1n) is 8.45. The number of anilines is 2. The maximum atomic E-state index is 12.3. The zero-order chi connectivity index (χ0) is 16.4. The number of rotatable bonds is 4. The first-order valence-corrected chi connectivity index (χ1v) is 9.26. The molecule has 25 heavy (non-hydrogen) atoms. The average molecular weight is 376 g/mol. The molecule has 1 saturated heterocycles. The Kier molecular flexibility index (Phi) is 5.89. The summed E-state index contributed by atoms with van der Waals surface area (Å²) in [5.41, 5.74) is 2.38. The maximum Gasteiger partial charge on any atom is 0.222 e. The minimum atomic E-state index is 0. The molecule has 2 aliphatic rings. The molecule has 1 amide bonds. The third kappa shape index (κ3) is 3.94. The van der Waals surface area contributed by atoms with Gasteiger partial charge in [0.25, 0.3) is 0 Å². The molecule has 0 aliphatic carbocycles. The van der Waals surface area contributed by atoms with Crippen LogP contribution in [0, 0.1) is 0 Å². The van der Waals surface area contributed by atoms with Crippen LogP contribution < -0.4 is 15.5 Å².